The van der Waals surface area contributed by atoms with Crippen molar-refractivity contribution < 1.29 is 4.74 Å². The Balaban J connectivity index is 2.20. The van der Waals surface area contributed by atoms with Crippen molar-refractivity contribution >= 4 is 11.6 Å². The standard InChI is InChI=1S/C16H28ClN3O/c1-3-18-11-13-7-5-4-6-8-14(13)16-15(17)12-19-20(16)9-10-21-2/h12-14,18H,3-11H2,1-2H3. The molecule has 21 heavy (non-hydrogen) atoms. The van der Waals surface area contributed by atoms with Gasteiger partial charge in [-0.3, -0.25) is 4.68 Å². The summed E-state index contributed by atoms with van der Waals surface area (Å²) in [5, 5.41) is 8.80. The van der Waals surface area contributed by atoms with Crippen LogP contribution in [0.5, 0.6) is 0 Å². The van der Waals surface area contributed by atoms with Crippen LogP contribution < -0.4 is 5.32 Å². The molecule has 1 aromatic rings. The van der Waals surface area contributed by atoms with E-state index in [2.05, 4.69) is 22.0 Å². The molecule has 4 nitrogen and oxygen atoms in total. The Kier molecular flexibility index (Phi) is 7.00. The summed E-state index contributed by atoms with van der Waals surface area (Å²) in [6, 6.07) is 0. The van der Waals surface area contributed by atoms with Gasteiger partial charge in [-0.15, -0.1) is 0 Å². The largest absolute Gasteiger partial charge is 0.383 e. The minimum Gasteiger partial charge on any atom is -0.383 e. The van der Waals surface area contributed by atoms with E-state index in [0.717, 1.165) is 24.7 Å². The molecule has 120 valence electrons. The molecular weight excluding hydrogens is 286 g/mol. The Labute approximate surface area is 133 Å². The fourth-order valence-corrected chi connectivity index (χ4v) is 3.70. The van der Waals surface area contributed by atoms with E-state index < -0.39 is 0 Å². The molecule has 0 spiro atoms. The lowest BCUT2D eigenvalue weighted by atomic mass is 9.85. The maximum atomic E-state index is 6.47. The van der Waals surface area contributed by atoms with E-state index in [9.17, 15) is 0 Å². The van der Waals surface area contributed by atoms with E-state index in [1.165, 1.54) is 37.8 Å². The van der Waals surface area contributed by atoms with Gasteiger partial charge in [0.05, 0.1) is 30.1 Å². The summed E-state index contributed by atoms with van der Waals surface area (Å²) in [7, 11) is 1.73. The zero-order valence-corrected chi connectivity index (χ0v) is 14.0. The van der Waals surface area contributed by atoms with Crippen LogP contribution in [0.25, 0.3) is 0 Å². The van der Waals surface area contributed by atoms with Gasteiger partial charge in [0.15, 0.2) is 0 Å². The number of hydrogen-bond acceptors (Lipinski definition) is 3. The zero-order valence-electron chi connectivity index (χ0n) is 13.3. The molecule has 0 saturated heterocycles. The molecule has 1 aromatic heterocycles. The van der Waals surface area contributed by atoms with Gasteiger partial charge < -0.3 is 10.1 Å². The van der Waals surface area contributed by atoms with Crippen LogP contribution in [0.1, 0.15) is 50.6 Å². The summed E-state index contributed by atoms with van der Waals surface area (Å²) < 4.78 is 7.25. The van der Waals surface area contributed by atoms with Crippen molar-refractivity contribution in [3.63, 3.8) is 0 Å². The van der Waals surface area contributed by atoms with Gasteiger partial charge in [0.1, 0.15) is 0 Å². The number of methoxy groups -OCH3 is 1. The van der Waals surface area contributed by atoms with E-state index in [1.807, 2.05) is 0 Å². The minimum atomic E-state index is 0.512. The van der Waals surface area contributed by atoms with Crippen LogP contribution in [-0.2, 0) is 11.3 Å². The van der Waals surface area contributed by atoms with Crippen LogP contribution >= 0.6 is 11.6 Å². The van der Waals surface area contributed by atoms with Gasteiger partial charge in [-0.1, -0.05) is 37.8 Å². The molecule has 1 aliphatic rings. The Bertz CT molecular complexity index is 422. The minimum absolute atomic E-state index is 0.512. The lowest BCUT2D eigenvalue weighted by molar-refractivity contribution is 0.181. The normalized spacial score (nSPS) is 23.2. The quantitative estimate of drug-likeness (QED) is 0.784. The second-order valence-corrected chi connectivity index (χ2v) is 6.31. The summed E-state index contributed by atoms with van der Waals surface area (Å²) >= 11 is 6.47. The third-order valence-electron chi connectivity index (χ3n) is 4.51. The van der Waals surface area contributed by atoms with Crippen molar-refractivity contribution in [2.75, 3.05) is 26.8 Å². The lowest BCUT2D eigenvalue weighted by Crippen LogP contribution is -2.28. The predicted octanol–water partition coefficient (Wildman–Crippen LogP) is 3.46. The van der Waals surface area contributed by atoms with Gasteiger partial charge in [-0.2, -0.15) is 5.10 Å². The van der Waals surface area contributed by atoms with Gasteiger partial charge in [0, 0.05) is 13.0 Å². The molecule has 2 atom stereocenters. The summed E-state index contributed by atoms with van der Waals surface area (Å²) in [5.41, 5.74) is 1.22. The number of hydrogen-bond donors (Lipinski definition) is 1. The topological polar surface area (TPSA) is 39.1 Å². The van der Waals surface area contributed by atoms with Gasteiger partial charge in [0.2, 0.25) is 0 Å². The number of ether oxygens (including phenoxy) is 1. The zero-order chi connectivity index (χ0) is 15.1. The highest BCUT2D eigenvalue weighted by atomic mass is 35.5. The average molecular weight is 314 g/mol. The van der Waals surface area contributed by atoms with E-state index in [-0.39, 0.29) is 0 Å². The Morgan fingerprint density at radius 3 is 2.95 bits per heavy atom. The van der Waals surface area contributed by atoms with Crippen LogP contribution in [0, 0.1) is 5.92 Å². The molecule has 0 aliphatic heterocycles. The fraction of sp³-hybridized carbons (Fsp3) is 0.812. The van der Waals surface area contributed by atoms with E-state index >= 15 is 0 Å². The highest BCUT2D eigenvalue weighted by Crippen LogP contribution is 2.39. The molecular formula is C16H28ClN3O. The highest BCUT2D eigenvalue weighted by Gasteiger charge is 2.29. The van der Waals surface area contributed by atoms with E-state index in [0.29, 0.717) is 18.4 Å². The second kappa shape index (κ2) is 8.76. The van der Waals surface area contributed by atoms with Crippen molar-refractivity contribution in [1.29, 1.82) is 0 Å². The van der Waals surface area contributed by atoms with Crippen LogP contribution in [0.2, 0.25) is 5.02 Å². The third kappa shape index (κ3) is 4.44. The molecule has 1 fully saturated rings. The SMILES string of the molecule is CCNCC1CCCCCC1c1c(Cl)cnn1CCOC. The van der Waals surface area contributed by atoms with Gasteiger partial charge in [-0.05, 0) is 31.8 Å². The van der Waals surface area contributed by atoms with Crippen molar-refractivity contribution in [3.05, 3.63) is 16.9 Å². The summed E-state index contributed by atoms with van der Waals surface area (Å²) in [5.74, 6) is 1.17. The number of nitrogens with one attached hydrogen (secondary N) is 1. The molecule has 1 aliphatic carbocycles. The first-order chi connectivity index (χ1) is 10.3. The Hall–Kier alpha value is -0.580. The Morgan fingerprint density at radius 1 is 1.38 bits per heavy atom. The summed E-state index contributed by atoms with van der Waals surface area (Å²) in [6.07, 6.45) is 8.25. The van der Waals surface area contributed by atoms with Crippen LogP contribution in [0.15, 0.2) is 6.20 Å². The number of rotatable bonds is 7. The molecule has 1 saturated carbocycles. The maximum Gasteiger partial charge on any atom is 0.0820 e. The first kappa shape index (κ1) is 16.8. The molecule has 0 amide bonds. The smallest absolute Gasteiger partial charge is 0.0820 e. The number of nitrogens with zero attached hydrogens (tertiary/aromatic N) is 2. The van der Waals surface area contributed by atoms with Crippen molar-refractivity contribution in [3.8, 4) is 0 Å². The molecule has 0 aromatic carbocycles. The Morgan fingerprint density at radius 2 is 2.19 bits per heavy atom. The molecule has 0 bridgehead atoms. The van der Waals surface area contributed by atoms with Crippen molar-refractivity contribution in [1.82, 2.24) is 15.1 Å². The van der Waals surface area contributed by atoms with Gasteiger partial charge in [0.25, 0.3) is 0 Å². The lowest BCUT2D eigenvalue weighted by Gasteiger charge is -2.26. The van der Waals surface area contributed by atoms with E-state index in [4.69, 9.17) is 16.3 Å². The fourth-order valence-electron chi connectivity index (χ4n) is 3.41. The summed E-state index contributed by atoms with van der Waals surface area (Å²) in [4.78, 5) is 0. The number of aromatic nitrogens is 2. The number of halogens is 1. The molecule has 2 unspecified atom stereocenters. The van der Waals surface area contributed by atoms with Gasteiger partial charge >= 0.3 is 0 Å². The van der Waals surface area contributed by atoms with E-state index in [1.54, 1.807) is 13.3 Å². The first-order valence-electron chi connectivity index (χ1n) is 8.18. The summed E-state index contributed by atoms with van der Waals surface area (Å²) in [6.45, 7) is 5.73. The monoisotopic (exact) mass is 313 g/mol. The second-order valence-electron chi connectivity index (χ2n) is 5.91. The molecule has 5 heteroatoms. The van der Waals surface area contributed by atoms with Crippen LogP contribution in [0.4, 0.5) is 0 Å². The average Bonchev–Trinajstić information content (AvgIpc) is 2.71. The molecule has 1 heterocycles. The molecule has 2 rings (SSSR count). The third-order valence-corrected chi connectivity index (χ3v) is 4.80. The van der Waals surface area contributed by atoms with Crippen molar-refractivity contribution in [2.24, 2.45) is 5.92 Å². The highest BCUT2D eigenvalue weighted by molar-refractivity contribution is 6.31. The van der Waals surface area contributed by atoms with Gasteiger partial charge in [-0.25, -0.2) is 0 Å². The first-order valence-corrected chi connectivity index (χ1v) is 8.56. The van der Waals surface area contributed by atoms with Crippen LogP contribution in [0.3, 0.4) is 0 Å². The maximum absolute atomic E-state index is 6.47. The molecule has 1 N–H and O–H groups in total. The van der Waals surface area contributed by atoms with Crippen molar-refractivity contribution in [2.45, 2.75) is 51.5 Å². The molecule has 0 radical (unpaired) electrons. The predicted molar refractivity (Wildman–Crippen MR) is 87.0 cm³/mol. The van der Waals surface area contributed by atoms with Crippen LogP contribution in [-0.4, -0.2) is 36.6 Å².